The van der Waals surface area contributed by atoms with Gasteiger partial charge >= 0.3 is 0 Å². The molecule has 140 valence electrons. The molecule has 0 heterocycles. The first-order valence-electron chi connectivity index (χ1n) is 8.35. The van der Waals surface area contributed by atoms with E-state index < -0.39 is 0 Å². The summed E-state index contributed by atoms with van der Waals surface area (Å²) in [5.74, 6) is 0.644. The molecule has 2 aliphatic rings. The zero-order valence-corrected chi connectivity index (χ0v) is 15.1. The van der Waals surface area contributed by atoms with Crippen LogP contribution in [-0.2, 0) is 0 Å². The number of allylic oxidation sites excluding steroid dienone is 8. The van der Waals surface area contributed by atoms with E-state index in [2.05, 4.69) is 48.6 Å². The van der Waals surface area contributed by atoms with Crippen LogP contribution in [-0.4, -0.2) is 15.3 Å². The van der Waals surface area contributed by atoms with Gasteiger partial charge in [-0.15, -0.1) is 0 Å². The van der Waals surface area contributed by atoms with Crippen molar-refractivity contribution in [3.63, 3.8) is 0 Å². The Labute approximate surface area is 161 Å². The number of phenols is 2. The maximum atomic E-state index is 8.63. The Kier molecular flexibility index (Phi) is 16.1. The first kappa shape index (κ1) is 23.3. The predicted molar refractivity (Wildman–Crippen MR) is 110 cm³/mol. The molecule has 0 spiro atoms. The number of aliphatic hydroxyl groups excluding tert-OH is 1. The second-order valence-electron chi connectivity index (χ2n) is 4.96. The molecule has 0 aromatic heterocycles. The summed E-state index contributed by atoms with van der Waals surface area (Å²) in [5.41, 5.74) is 0. The number of aromatic hydroxyl groups is 2. The summed E-state index contributed by atoms with van der Waals surface area (Å²) in [6.45, 7) is 0. The molecule has 4 nitrogen and oxygen atoms in total. The lowest BCUT2D eigenvalue weighted by Gasteiger charge is -1.82. The van der Waals surface area contributed by atoms with Crippen LogP contribution < -0.4 is 0 Å². The number of rotatable bonds is 0. The van der Waals surface area contributed by atoms with Crippen LogP contribution in [0, 0.1) is 11.5 Å². The van der Waals surface area contributed by atoms with Gasteiger partial charge in [-0.2, -0.15) is 5.26 Å². The van der Waals surface area contributed by atoms with E-state index in [9.17, 15) is 0 Å². The number of nitriles is 1. The summed E-state index contributed by atoms with van der Waals surface area (Å²) in [6, 6.07) is 17.4. The number of benzene rings is 2. The number of hydrogen-bond donors (Lipinski definition) is 3. The largest absolute Gasteiger partial charge is 0.508 e. The number of para-hydroxylation sites is 2. The van der Waals surface area contributed by atoms with E-state index in [0.29, 0.717) is 11.5 Å². The molecule has 27 heavy (non-hydrogen) atoms. The number of hydrogen-bond acceptors (Lipinski definition) is 4. The van der Waals surface area contributed by atoms with Crippen LogP contribution in [0.3, 0.4) is 0 Å². The molecule has 2 aromatic rings. The fourth-order valence-electron chi connectivity index (χ4n) is 1.64. The highest BCUT2D eigenvalue weighted by atomic mass is 16.3. The molecule has 2 aliphatic carbocycles. The van der Waals surface area contributed by atoms with Crippen LogP contribution in [0.5, 0.6) is 11.5 Å². The highest BCUT2D eigenvalue weighted by Gasteiger charge is 1.75. The van der Waals surface area contributed by atoms with E-state index in [4.69, 9.17) is 20.6 Å². The SMILES string of the molecule is C1=CCC=C1.C1=CCC=C1.N#CO.Oc1ccccc1.Oc1ccccc1. The standard InChI is InChI=1S/2C6H6O.2C5H6.CHNO/c2*7-6-4-2-1-3-5-6;2*1-2-4-5-3-1;2-1-3/h2*1-5,7H;2*1-4H,5H2;3H. The Balaban J connectivity index is 0.000000322. The first-order valence-corrected chi connectivity index (χ1v) is 8.35. The summed E-state index contributed by atoms with van der Waals surface area (Å²) >= 11 is 0. The van der Waals surface area contributed by atoms with Crippen molar-refractivity contribution in [1.29, 1.82) is 5.26 Å². The lowest BCUT2D eigenvalue weighted by Crippen LogP contribution is -1.56. The maximum Gasteiger partial charge on any atom is 0.283 e. The van der Waals surface area contributed by atoms with Gasteiger partial charge < -0.3 is 15.3 Å². The summed E-state index contributed by atoms with van der Waals surface area (Å²) < 4.78 is 0. The second-order valence-corrected chi connectivity index (χ2v) is 4.96. The minimum Gasteiger partial charge on any atom is -0.508 e. The van der Waals surface area contributed by atoms with Crippen LogP contribution in [0.25, 0.3) is 0 Å². The molecule has 0 saturated heterocycles. The highest BCUT2D eigenvalue weighted by molar-refractivity contribution is 5.19. The van der Waals surface area contributed by atoms with Gasteiger partial charge in [0.1, 0.15) is 11.5 Å². The monoisotopic (exact) mass is 363 g/mol. The highest BCUT2D eigenvalue weighted by Crippen LogP contribution is 2.03. The average molecular weight is 363 g/mol. The lowest BCUT2D eigenvalue weighted by atomic mass is 10.3. The van der Waals surface area contributed by atoms with Crippen LogP contribution in [0.1, 0.15) is 12.8 Å². The van der Waals surface area contributed by atoms with Crippen molar-refractivity contribution in [2.75, 3.05) is 0 Å². The summed E-state index contributed by atoms with van der Waals surface area (Å²) in [5, 5.41) is 31.0. The third-order valence-electron chi connectivity index (χ3n) is 2.82. The Morgan fingerprint density at radius 1 is 0.593 bits per heavy atom. The third-order valence-corrected chi connectivity index (χ3v) is 2.82. The van der Waals surface area contributed by atoms with Crippen molar-refractivity contribution in [2.45, 2.75) is 12.8 Å². The summed E-state index contributed by atoms with van der Waals surface area (Å²) in [7, 11) is 0. The van der Waals surface area contributed by atoms with E-state index in [1.165, 1.54) is 0 Å². The molecule has 0 bridgehead atoms. The molecule has 0 unspecified atom stereocenters. The minimum absolute atomic E-state index is 0.322. The Morgan fingerprint density at radius 2 is 0.852 bits per heavy atom. The predicted octanol–water partition coefficient (Wildman–Crippen LogP) is 5.63. The quantitative estimate of drug-likeness (QED) is 0.530. The molecule has 0 saturated carbocycles. The molecule has 4 rings (SSSR count). The van der Waals surface area contributed by atoms with Crippen molar-refractivity contribution in [3.8, 4) is 17.8 Å². The van der Waals surface area contributed by atoms with Gasteiger partial charge in [0.25, 0.3) is 6.26 Å². The van der Waals surface area contributed by atoms with Crippen molar-refractivity contribution < 1.29 is 15.3 Å². The van der Waals surface area contributed by atoms with Gasteiger partial charge in [-0.25, -0.2) is 0 Å². The fraction of sp³-hybridized carbons (Fsp3) is 0.0870. The molecule has 0 fully saturated rings. The Morgan fingerprint density at radius 3 is 0.963 bits per heavy atom. The zero-order valence-electron chi connectivity index (χ0n) is 15.1. The summed E-state index contributed by atoms with van der Waals surface area (Å²) in [6.07, 6.45) is 19.8. The van der Waals surface area contributed by atoms with E-state index in [-0.39, 0.29) is 0 Å². The Bertz CT molecular complexity index is 648. The molecule has 0 atom stereocenters. The molecule has 4 heteroatoms. The topological polar surface area (TPSA) is 84.5 Å². The molecule has 0 amide bonds. The second kappa shape index (κ2) is 18.6. The zero-order chi connectivity index (χ0) is 20.0. The summed E-state index contributed by atoms with van der Waals surface area (Å²) in [4.78, 5) is 0. The molecule has 0 aliphatic heterocycles. The van der Waals surface area contributed by atoms with Crippen molar-refractivity contribution in [2.24, 2.45) is 0 Å². The average Bonchev–Trinajstić information content (AvgIpc) is 3.43. The third kappa shape index (κ3) is 18.5. The van der Waals surface area contributed by atoms with Crippen molar-refractivity contribution in [1.82, 2.24) is 0 Å². The van der Waals surface area contributed by atoms with Gasteiger partial charge in [0.2, 0.25) is 0 Å². The van der Waals surface area contributed by atoms with E-state index in [0.717, 1.165) is 19.1 Å². The van der Waals surface area contributed by atoms with Gasteiger partial charge in [0.15, 0.2) is 0 Å². The normalized spacial score (nSPS) is 11.2. The maximum absolute atomic E-state index is 8.63. The van der Waals surface area contributed by atoms with Crippen LogP contribution in [0.2, 0.25) is 0 Å². The number of aliphatic hydroxyl groups is 1. The molecule has 2 aromatic carbocycles. The lowest BCUT2D eigenvalue weighted by molar-refractivity contribution is 0.475. The van der Waals surface area contributed by atoms with Crippen LogP contribution in [0.4, 0.5) is 0 Å². The van der Waals surface area contributed by atoms with Gasteiger partial charge in [0.05, 0.1) is 0 Å². The smallest absolute Gasteiger partial charge is 0.283 e. The number of phenolic OH excluding ortho intramolecular Hbond substituents is 2. The van der Waals surface area contributed by atoms with Gasteiger partial charge in [-0.1, -0.05) is 85.0 Å². The van der Waals surface area contributed by atoms with Crippen LogP contribution >= 0.6 is 0 Å². The van der Waals surface area contributed by atoms with Crippen molar-refractivity contribution in [3.05, 3.63) is 109 Å². The van der Waals surface area contributed by atoms with Crippen LogP contribution in [0.15, 0.2) is 109 Å². The van der Waals surface area contributed by atoms with Gasteiger partial charge in [0, 0.05) is 0 Å². The Hall–Kier alpha value is -3.71. The number of nitrogens with zero attached hydrogens (tertiary/aromatic N) is 1. The van der Waals surface area contributed by atoms with Gasteiger partial charge in [-0.3, -0.25) is 0 Å². The first-order chi connectivity index (χ1) is 13.2. The fourth-order valence-corrected chi connectivity index (χ4v) is 1.64. The van der Waals surface area contributed by atoms with E-state index >= 15 is 0 Å². The minimum atomic E-state index is 0.322. The van der Waals surface area contributed by atoms with Crippen molar-refractivity contribution >= 4 is 0 Å². The molecule has 0 radical (unpaired) electrons. The molecular formula is C23H25NO3. The van der Waals surface area contributed by atoms with E-state index in [1.54, 1.807) is 48.5 Å². The van der Waals surface area contributed by atoms with E-state index in [1.807, 2.05) is 12.1 Å². The van der Waals surface area contributed by atoms with Gasteiger partial charge in [-0.05, 0) is 37.1 Å². The molecular weight excluding hydrogens is 338 g/mol. The molecule has 3 N–H and O–H groups in total.